The number of methoxy groups -OCH3 is 1. The predicted octanol–water partition coefficient (Wildman–Crippen LogP) is 7.88. The van der Waals surface area contributed by atoms with E-state index in [0.29, 0.717) is 18.7 Å². The summed E-state index contributed by atoms with van der Waals surface area (Å²) in [6.45, 7) is 10.7. The van der Waals surface area contributed by atoms with E-state index in [4.69, 9.17) is 4.74 Å². The van der Waals surface area contributed by atoms with Crippen LogP contribution in [0.25, 0.3) is 0 Å². The second-order valence-electron chi connectivity index (χ2n) is 11.1. The zero-order valence-electron chi connectivity index (χ0n) is 22.5. The molecule has 200 valence electrons. The third kappa shape index (κ3) is 7.13. The number of rotatable bonds is 10. The molecule has 3 aromatic rings. The quantitative estimate of drug-likeness (QED) is 0.277. The van der Waals surface area contributed by atoms with Crippen molar-refractivity contribution in [2.24, 2.45) is 5.41 Å². The molecular weight excluding hydrogens is 478 g/mol. The van der Waals surface area contributed by atoms with Gasteiger partial charge in [-0.1, -0.05) is 87.0 Å². The highest BCUT2D eigenvalue weighted by atomic mass is 19.3. The lowest BCUT2D eigenvalue weighted by Crippen LogP contribution is -2.48. The standard InChI is InChI=1S/C31H37F4NO/c1-21-14-24(19-31(34,35)28(32)33)16-26(15-21)30(36-20-29(3,4)5,18-23-10-8-7-9-11-23)25-13-12-22(2)27(17-25)37-6/h7-17,28,36H,18-20H2,1-6H3/t30-/m1/s1. The van der Waals surface area contributed by atoms with Crippen LogP contribution < -0.4 is 10.1 Å². The second kappa shape index (κ2) is 11.3. The van der Waals surface area contributed by atoms with Crippen molar-refractivity contribution in [1.82, 2.24) is 5.32 Å². The number of hydrogen-bond acceptors (Lipinski definition) is 2. The van der Waals surface area contributed by atoms with Crippen LogP contribution in [0.4, 0.5) is 17.6 Å². The highest BCUT2D eigenvalue weighted by molar-refractivity contribution is 5.48. The zero-order chi connectivity index (χ0) is 27.4. The second-order valence-corrected chi connectivity index (χ2v) is 11.1. The largest absolute Gasteiger partial charge is 0.496 e. The Hall–Kier alpha value is -2.86. The predicted molar refractivity (Wildman–Crippen MR) is 142 cm³/mol. The molecule has 1 atom stereocenters. The van der Waals surface area contributed by atoms with Gasteiger partial charge in [-0.05, 0) is 59.6 Å². The van der Waals surface area contributed by atoms with Crippen LogP contribution in [-0.2, 0) is 18.4 Å². The molecule has 0 spiro atoms. The fraction of sp³-hybridized carbons (Fsp3) is 0.419. The van der Waals surface area contributed by atoms with E-state index in [-0.39, 0.29) is 11.0 Å². The molecule has 2 nitrogen and oxygen atoms in total. The van der Waals surface area contributed by atoms with Crippen LogP contribution in [0.3, 0.4) is 0 Å². The van der Waals surface area contributed by atoms with Gasteiger partial charge in [0.05, 0.1) is 12.6 Å². The van der Waals surface area contributed by atoms with Crippen molar-refractivity contribution in [2.45, 2.75) is 65.3 Å². The summed E-state index contributed by atoms with van der Waals surface area (Å²) in [4.78, 5) is 0. The molecule has 0 fully saturated rings. The van der Waals surface area contributed by atoms with Gasteiger partial charge in [0.15, 0.2) is 0 Å². The highest BCUT2D eigenvalue weighted by Gasteiger charge is 2.42. The van der Waals surface area contributed by atoms with Gasteiger partial charge in [0, 0.05) is 13.0 Å². The van der Waals surface area contributed by atoms with Gasteiger partial charge in [0.1, 0.15) is 5.75 Å². The molecular formula is C31H37F4NO. The molecule has 0 amide bonds. The number of nitrogens with one attached hydrogen (secondary N) is 1. The molecule has 37 heavy (non-hydrogen) atoms. The van der Waals surface area contributed by atoms with E-state index in [1.807, 2.05) is 61.5 Å². The third-order valence-electron chi connectivity index (χ3n) is 6.52. The first kappa shape index (κ1) is 28.7. The number of ether oxygens (including phenoxy) is 1. The van der Waals surface area contributed by atoms with Crippen molar-refractivity contribution in [3.05, 3.63) is 100 Å². The van der Waals surface area contributed by atoms with E-state index in [2.05, 4.69) is 26.1 Å². The first-order valence-electron chi connectivity index (χ1n) is 12.5. The van der Waals surface area contributed by atoms with Crippen LogP contribution >= 0.6 is 0 Å². The molecule has 0 aromatic heterocycles. The Labute approximate surface area is 218 Å². The van der Waals surface area contributed by atoms with E-state index in [1.54, 1.807) is 26.2 Å². The molecule has 0 aliphatic rings. The highest BCUT2D eigenvalue weighted by Crippen LogP contribution is 2.39. The van der Waals surface area contributed by atoms with Gasteiger partial charge in [-0.2, -0.15) is 8.78 Å². The fourth-order valence-corrected chi connectivity index (χ4v) is 4.60. The topological polar surface area (TPSA) is 21.3 Å². The van der Waals surface area contributed by atoms with Crippen LogP contribution in [0.15, 0.2) is 66.7 Å². The van der Waals surface area contributed by atoms with E-state index >= 15 is 0 Å². The van der Waals surface area contributed by atoms with Crippen LogP contribution in [0, 0.1) is 19.3 Å². The summed E-state index contributed by atoms with van der Waals surface area (Å²) in [6, 6.07) is 21.1. The van der Waals surface area contributed by atoms with Crippen molar-refractivity contribution < 1.29 is 22.3 Å². The van der Waals surface area contributed by atoms with Crippen LogP contribution in [0.5, 0.6) is 5.75 Å². The van der Waals surface area contributed by atoms with Crippen LogP contribution in [0.1, 0.15) is 54.2 Å². The minimum atomic E-state index is -4.11. The normalized spacial score (nSPS) is 14.0. The first-order chi connectivity index (χ1) is 17.3. The Morgan fingerprint density at radius 1 is 0.811 bits per heavy atom. The molecule has 6 heteroatoms. The average molecular weight is 516 g/mol. The summed E-state index contributed by atoms with van der Waals surface area (Å²) < 4.78 is 60.1. The zero-order valence-corrected chi connectivity index (χ0v) is 22.5. The molecule has 0 unspecified atom stereocenters. The summed E-state index contributed by atoms with van der Waals surface area (Å²) in [7, 11) is 1.62. The summed E-state index contributed by atoms with van der Waals surface area (Å²) in [5.41, 5.74) is 3.64. The number of halogens is 4. The maximum Gasteiger partial charge on any atom is 0.311 e. The first-order valence-corrected chi connectivity index (χ1v) is 12.5. The summed E-state index contributed by atoms with van der Waals surface area (Å²) >= 11 is 0. The number of aryl methyl sites for hydroxylation is 2. The van der Waals surface area contributed by atoms with Crippen LogP contribution in [0.2, 0.25) is 0 Å². The van der Waals surface area contributed by atoms with Crippen molar-refractivity contribution >= 4 is 0 Å². The Kier molecular flexibility index (Phi) is 8.74. The summed E-state index contributed by atoms with van der Waals surface area (Å²) in [6.07, 6.45) is -4.24. The number of hydrogen-bond donors (Lipinski definition) is 1. The van der Waals surface area contributed by atoms with E-state index in [9.17, 15) is 17.6 Å². The van der Waals surface area contributed by atoms with Gasteiger partial charge >= 0.3 is 12.3 Å². The Balaban J connectivity index is 2.29. The SMILES string of the molecule is COc1cc([C@@](Cc2ccccc2)(NCC(C)(C)C)c2cc(C)cc(CC(F)(F)C(F)F)c2)ccc1C. The molecule has 0 saturated carbocycles. The van der Waals surface area contributed by atoms with Crippen molar-refractivity contribution in [3.8, 4) is 5.75 Å². The van der Waals surface area contributed by atoms with E-state index in [0.717, 1.165) is 27.8 Å². The Morgan fingerprint density at radius 3 is 2.08 bits per heavy atom. The van der Waals surface area contributed by atoms with Gasteiger partial charge in [-0.3, -0.25) is 0 Å². The molecule has 0 radical (unpaired) electrons. The van der Waals surface area contributed by atoms with Gasteiger partial charge < -0.3 is 10.1 Å². The molecule has 0 aliphatic heterocycles. The van der Waals surface area contributed by atoms with E-state index < -0.39 is 24.3 Å². The van der Waals surface area contributed by atoms with Crippen molar-refractivity contribution in [2.75, 3.05) is 13.7 Å². The lowest BCUT2D eigenvalue weighted by atomic mass is 9.75. The maximum atomic E-state index is 14.1. The van der Waals surface area contributed by atoms with Crippen molar-refractivity contribution in [3.63, 3.8) is 0 Å². The molecule has 3 rings (SSSR count). The summed E-state index contributed by atoms with van der Waals surface area (Å²) in [5, 5.41) is 3.77. The monoisotopic (exact) mass is 515 g/mol. The lowest BCUT2D eigenvalue weighted by molar-refractivity contribution is -0.127. The summed E-state index contributed by atoms with van der Waals surface area (Å²) in [5.74, 6) is -3.40. The lowest BCUT2D eigenvalue weighted by Gasteiger charge is -2.40. The number of benzene rings is 3. The fourth-order valence-electron chi connectivity index (χ4n) is 4.60. The average Bonchev–Trinajstić information content (AvgIpc) is 2.81. The van der Waals surface area contributed by atoms with Gasteiger partial charge in [-0.25, -0.2) is 8.78 Å². The minimum absolute atomic E-state index is 0.0912. The van der Waals surface area contributed by atoms with Crippen molar-refractivity contribution in [1.29, 1.82) is 0 Å². The molecule has 1 N–H and O–H groups in total. The molecule has 0 heterocycles. The van der Waals surface area contributed by atoms with Crippen LogP contribution in [-0.4, -0.2) is 26.0 Å². The number of alkyl halides is 4. The Morgan fingerprint density at radius 2 is 1.49 bits per heavy atom. The molecule has 0 bridgehead atoms. The Bertz CT molecular complexity index is 1190. The molecule has 3 aromatic carbocycles. The van der Waals surface area contributed by atoms with E-state index in [1.165, 1.54) is 0 Å². The molecule has 0 saturated heterocycles. The smallest absolute Gasteiger partial charge is 0.311 e. The minimum Gasteiger partial charge on any atom is -0.496 e. The van der Waals surface area contributed by atoms with Gasteiger partial charge in [-0.15, -0.1) is 0 Å². The maximum absolute atomic E-state index is 14.1. The molecule has 0 aliphatic carbocycles. The van der Waals surface area contributed by atoms with Gasteiger partial charge in [0.25, 0.3) is 0 Å². The third-order valence-corrected chi connectivity index (χ3v) is 6.52. The van der Waals surface area contributed by atoms with Gasteiger partial charge in [0.2, 0.25) is 0 Å².